The van der Waals surface area contributed by atoms with Crippen molar-refractivity contribution in [2.45, 2.75) is 96.4 Å². The molecule has 2 heterocycles. The van der Waals surface area contributed by atoms with Crippen LogP contribution < -0.4 is 16.2 Å². The molecule has 1 aliphatic heterocycles. The van der Waals surface area contributed by atoms with Crippen molar-refractivity contribution >= 4 is 34.2 Å². The van der Waals surface area contributed by atoms with Gasteiger partial charge in [0.1, 0.15) is 6.04 Å². The molecular formula is C26H36N4O4. The Morgan fingerprint density at radius 2 is 1.71 bits per heavy atom. The van der Waals surface area contributed by atoms with Gasteiger partial charge in [-0.15, -0.1) is 0 Å². The molecule has 3 amide bonds. The molecule has 0 bridgehead atoms. The lowest BCUT2D eigenvalue weighted by Crippen LogP contribution is -2.45. The molecule has 184 valence electrons. The molecular weight excluding hydrogens is 432 g/mol. The van der Waals surface area contributed by atoms with Gasteiger partial charge >= 0.3 is 0 Å². The summed E-state index contributed by atoms with van der Waals surface area (Å²) in [7, 11) is 0. The molecule has 1 fully saturated rings. The second kappa shape index (κ2) is 13.0. The number of nitrogens with one attached hydrogen (secondary N) is 2. The fourth-order valence-corrected chi connectivity index (χ4v) is 4.44. The minimum Gasteiger partial charge on any atom is -0.325 e. The molecule has 1 atom stereocenters. The van der Waals surface area contributed by atoms with Crippen molar-refractivity contribution in [1.82, 2.24) is 15.1 Å². The summed E-state index contributed by atoms with van der Waals surface area (Å²) in [6.07, 6.45) is 14.3. The number of piperidine rings is 1. The van der Waals surface area contributed by atoms with Crippen LogP contribution in [0.2, 0.25) is 0 Å². The van der Waals surface area contributed by atoms with E-state index >= 15 is 0 Å². The average Bonchev–Trinajstić information content (AvgIpc) is 2.81. The second-order valence-corrected chi connectivity index (χ2v) is 9.11. The smallest absolute Gasteiger partial charge is 0.277 e. The van der Waals surface area contributed by atoms with Crippen molar-refractivity contribution in [2.75, 3.05) is 5.32 Å². The summed E-state index contributed by atoms with van der Waals surface area (Å²) in [6, 6.07) is 4.35. The molecule has 1 saturated heterocycles. The number of carbonyl (C=O) groups excluding carboxylic acids is 3. The highest BCUT2D eigenvalue weighted by Gasteiger charge is 2.30. The zero-order chi connectivity index (χ0) is 24.3. The van der Waals surface area contributed by atoms with Gasteiger partial charge in [0.25, 0.3) is 11.5 Å². The Balaban J connectivity index is 1.54. The molecule has 0 aliphatic carbocycles. The summed E-state index contributed by atoms with van der Waals surface area (Å²) in [5, 5.41) is 10.2. The van der Waals surface area contributed by atoms with Crippen LogP contribution in [0.25, 0.3) is 10.8 Å². The first-order chi connectivity index (χ1) is 16.5. The molecule has 8 heteroatoms. The van der Waals surface area contributed by atoms with Crippen LogP contribution in [0.1, 0.15) is 96.4 Å². The van der Waals surface area contributed by atoms with Crippen LogP contribution in [0, 0.1) is 0 Å². The van der Waals surface area contributed by atoms with Gasteiger partial charge in [-0.2, -0.15) is 5.10 Å². The standard InChI is InChI=1S/C26H36N4O4/c1-2-3-4-5-6-7-8-9-10-11-15-22(31)28-20-14-12-13-19-18-27-30(26(34)24(19)20)21-16-17-23(32)29-25(21)33/h12-14,18,21H,2-11,15-17H2,1H3,(H,28,31)(H,29,32,33). The van der Waals surface area contributed by atoms with E-state index in [0.717, 1.165) is 23.9 Å². The van der Waals surface area contributed by atoms with Crippen LogP contribution >= 0.6 is 0 Å². The first-order valence-electron chi connectivity index (χ1n) is 12.7. The van der Waals surface area contributed by atoms with E-state index in [1.807, 2.05) is 0 Å². The Bertz CT molecular complexity index is 1060. The molecule has 34 heavy (non-hydrogen) atoms. The number of unbranched alkanes of at least 4 members (excludes halogenated alkanes) is 9. The number of nitrogens with zero attached hydrogens (tertiary/aromatic N) is 2. The van der Waals surface area contributed by atoms with Crippen molar-refractivity contribution in [2.24, 2.45) is 0 Å². The number of imide groups is 1. The Labute approximate surface area is 200 Å². The van der Waals surface area contributed by atoms with Crippen molar-refractivity contribution in [1.29, 1.82) is 0 Å². The van der Waals surface area contributed by atoms with E-state index in [9.17, 15) is 19.2 Å². The summed E-state index contributed by atoms with van der Waals surface area (Å²) in [6.45, 7) is 2.23. The van der Waals surface area contributed by atoms with Crippen molar-refractivity contribution in [3.63, 3.8) is 0 Å². The molecule has 1 unspecified atom stereocenters. The maximum absolute atomic E-state index is 13.2. The van der Waals surface area contributed by atoms with Crippen molar-refractivity contribution < 1.29 is 14.4 Å². The Morgan fingerprint density at radius 1 is 1.03 bits per heavy atom. The largest absolute Gasteiger partial charge is 0.325 e. The maximum Gasteiger partial charge on any atom is 0.277 e. The van der Waals surface area contributed by atoms with Gasteiger partial charge in [-0.05, 0) is 18.9 Å². The summed E-state index contributed by atoms with van der Waals surface area (Å²) in [5.41, 5.74) is -0.0372. The fourth-order valence-electron chi connectivity index (χ4n) is 4.44. The zero-order valence-electron chi connectivity index (χ0n) is 20.1. The number of rotatable bonds is 13. The highest BCUT2D eigenvalue weighted by molar-refractivity contribution is 6.02. The van der Waals surface area contributed by atoms with Crippen molar-refractivity contribution in [3.05, 3.63) is 34.7 Å². The summed E-state index contributed by atoms with van der Waals surface area (Å²) in [4.78, 5) is 49.4. The fraction of sp³-hybridized carbons (Fsp3) is 0.577. The maximum atomic E-state index is 13.2. The van der Waals surface area contributed by atoms with Crippen LogP contribution in [-0.2, 0) is 14.4 Å². The van der Waals surface area contributed by atoms with Gasteiger partial charge in [-0.25, -0.2) is 4.68 Å². The molecule has 0 saturated carbocycles. The average molecular weight is 469 g/mol. The number of hydrogen-bond donors (Lipinski definition) is 2. The third-order valence-corrected chi connectivity index (χ3v) is 6.38. The number of carbonyl (C=O) groups is 3. The lowest BCUT2D eigenvalue weighted by molar-refractivity contribution is -0.136. The predicted molar refractivity (Wildman–Crippen MR) is 133 cm³/mol. The Hall–Kier alpha value is -3.03. The SMILES string of the molecule is CCCCCCCCCCCCC(=O)Nc1cccc2cnn(C3CCC(=O)NC3=O)c(=O)c12. The van der Waals surface area contributed by atoms with E-state index in [-0.39, 0.29) is 24.7 Å². The van der Waals surface area contributed by atoms with Crippen LogP contribution in [0.3, 0.4) is 0 Å². The number of benzene rings is 1. The molecule has 1 aromatic heterocycles. The monoisotopic (exact) mass is 468 g/mol. The number of aromatic nitrogens is 2. The van der Waals surface area contributed by atoms with Crippen LogP contribution in [-0.4, -0.2) is 27.5 Å². The lowest BCUT2D eigenvalue weighted by Gasteiger charge is -2.22. The molecule has 2 aromatic rings. The minimum absolute atomic E-state index is 0.129. The van der Waals surface area contributed by atoms with Gasteiger partial charge in [0, 0.05) is 18.2 Å². The first-order valence-corrected chi connectivity index (χ1v) is 12.7. The van der Waals surface area contributed by atoms with Gasteiger partial charge in [0.05, 0.1) is 17.3 Å². The normalized spacial score (nSPS) is 16.0. The summed E-state index contributed by atoms with van der Waals surface area (Å²) >= 11 is 0. The number of fused-ring (bicyclic) bond motifs is 1. The van der Waals surface area contributed by atoms with Gasteiger partial charge in [-0.1, -0.05) is 76.8 Å². The lowest BCUT2D eigenvalue weighted by atomic mass is 10.1. The predicted octanol–water partition coefficient (Wildman–Crippen LogP) is 4.62. The zero-order valence-corrected chi connectivity index (χ0v) is 20.1. The topological polar surface area (TPSA) is 110 Å². The van der Waals surface area contributed by atoms with E-state index in [0.29, 0.717) is 22.9 Å². The first kappa shape index (κ1) is 25.6. The summed E-state index contributed by atoms with van der Waals surface area (Å²) < 4.78 is 1.11. The third kappa shape index (κ3) is 6.98. The van der Waals surface area contributed by atoms with Gasteiger partial charge in [0.2, 0.25) is 11.8 Å². The van der Waals surface area contributed by atoms with E-state index in [1.165, 1.54) is 51.1 Å². The van der Waals surface area contributed by atoms with E-state index < -0.39 is 17.5 Å². The highest BCUT2D eigenvalue weighted by Crippen LogP contribution is 2.22. The molecule has 2 N–H and O–H groups in total. The minimum atomic E-state index is -0.843. The number of amides is 3. The molecule has 8 nitrogen and oxygen atoms in total. The highest BCUT2D eigenvalue weighted by atomic mass is 16.2. The molecule has 0 spiro atoms. The molecule has 3 rings (SSSR count). The van der Waals surface area contributed by atoms with Crippen LogP contribution in [0.4, 0.5) is 5.69 Å². The van der Waals surface area contributed by atoms with Crippen LogP contribution in [0.15, 0.2) is 29.2 Å². The second-order valence-electron chi connectivity index (χ2n) is 9.11. The molecule has 0 radical (unpaired) electrons. The van der Waals surface area contributed by atoms with Crippen LogP contribution in [0.5, 0.6) is 0 Å². The van der Waals surface area contributed by atoms with Gasteiger partial charge < -0.3 is 5.32 Å². The van der Waals surface area contributed by atoms with E-state index in [1.54, 1.807) is 18.2 Å². The van der Waals surface area contributed by atoms with Gasteiger partial charge in [0.15, 0.2) is 0 Å². The Morgan fingerprint density at radius 3 is 2.38 bits per heavy atom. The van der Waals surface area contributed by atoms with Crippen molar-refractivity contribution in [3.8, 4) is 0 Å². The van der Waals surface area contributed by atoms with E-state index in [4.69, 9.17) is 0 Å². The Kier molecular flexibility index (Phi) is 9.79. The summed E-state index contributed by atoms with van der Waals surface area (Å²) in [5.74, 6) is -1.02. The molecule has 1 aliphatic rings. The molecule has 1 aromatic carbocycles. The third-order valence-electron chi connectivity index (χ3n) is 6.38. The van der Waals surface area contributed by atoms with Gasteiger partial charge in [-0.3, -0.25) is 24.5 Å². The van der Waals surface area contributed by atoms with E-state index in [2.05, 4.69) is 22.7 Å². The quantitative estimate of drug-likeness (QED) is 0.329. The number of anilines is 1. The number of hydrogen-bond acceptors (Lipinski definition) is 5.